The van der Waals surface area contributed by atoms with Crippen LogP contribution >= 0.6 is 11.6 Å². The van der Waals surface area contributed by atoms with Crippen molar-refractivity contribution in [3.8, 4) is 11.8 Å². The Bertz CT molecular complexity index is 2230. The number of nitrogens with two attached hydrogens (primary N) is 1. The van der Waals surface area contributed by atoms with Crippen LogP contribution in [0.25, 0.3) is 0 Å². The van der Waals surface area contributed by atoms with Crippen LogP contribution in [-0.2, 0) is 9.59 Å². The van der Waals surface area contributed by atoms with E-state index >= 15 is 0 Å². The summed E-state index contributed by atoms with van der Waals surface area (Å²) in [6.45, 7) is 4.54. The van der Waals surface area contributed by atoms with E-state index in [1.54, 1.807) is 36.4 Å². The molecular weight excluding hydrogens is 774 g/mol. The molecule has 3 aromatic rings. The molecule has 1 saturated carbocycles. The van der Waals surface area contributed by atoms with Crippen LogP contribution in [0.3, 0.4) is 0 Å². The first kappa shape index (κ1) is 38.9. The van der Waals surface area contributed by atoms with E-state index in [2.05, 4.69) is 24.9 Å². The highest BCUT2D eigenvalue weighted by atomic mass is 35.5. The fourth-order valence-corrected chi connectivity index (χ4v) is 10.4. The second kappa shape index (κ2) is 15.9. The molecule has 5 saturated heterocycles. The number of carbonyl (C=O) groups excluding carboxylic acids is 5. The van der Waals surface area contributed by atoms with Crippen molar-refractivity contribution in [3.05, 3.63) is 75.9 Å². The predicted octanol–water partition coefficient (Wildman–Crippen LogP) is 4.17. The van der Waals surface area contributed by atoms with E-state index < -0.39 is 29.7 Å². The molecule has 7 aliphatic rings. The van der Waals surface area contributed by atoms with E-state index in [9.17, 15) is 24.0 Å². The van der Waals surface area contributed by atoms with Gasteiger partial charge in [0.05, 0.1) is 27.8 Å². The number of ether oxygens (including phenoxy) is 1. The van der Waals surface area contributed by atoms with Gasteiger partial charge < -0.3 is 20.3 Å². The van der Waals surface area contributed by atoms with E-state index in [4.69, 9.17) is 27.3 Å². The van der Waals surface area contributed by atoms with Crippen LogP contribution in [-0.4, -0.2) is 117 Å². The molecule has 7 heterocycles. The molecule has 6 aliphatic heterocycles. The number of rotatable bonds is 9. The maximum atomic E-state index is 14.1. The molecule has 0 radical (unpaired) electrons. The number of imide groups is 2. The maximum Gasteiger partial charge on any atom is 0.269 e. The summed E-state index contributed by atoms with van der Waals surface area (Å²) in [5, 5.41) is 17.7. The fraction of sp³-hybridized carbons (Fsp3) is 0.488. The van der Waals surface area contributed by atoms with Gasteiger partial charge >= 0.3 is 0 Å². The van der Waals surface area contributed by atoms with Crippen molar-refractivity contribution in [3.63, 3.8) is 0 Å². The average Bonchev–Trinajstić information content (AvgIpc) is 3.49. The standard InChI is InChI=1S/C43H46ClN9O6/c44-35-20-32(7-1-26(35)21-45)59-31-8-4-27(5-9-31)52-39(54)14-12-37(43(52)58)53-41(56)33-10-6-28(19-34(33)42(53)57)51-24-29-2-3-30(51)23-50(29)22-25-15-17-49(18-16-25)38-13-11-36(40(46)55)47-48-38/h1,6-7,10-11,13,19-20,25,27,29-31,37H,2-5,8-9,12,14-18,22-24H2,(H2,46,55)/t27?,29-,30+,31?,37+/m0/s1. The van der Waals surface area contributed by atoms with Crippen molar-refractivity contribution in [2.24, 2.45) is 11.7 Å². The number of aromatic nitrogens is 2. The topological polar surface area (TPSA) is 186 Å². The van der Waals surface area contributed by atoms with Crippen LogP contribution in [0.1, 0.15) is 101 Å². The minimum absolute atomic E-state index is 0.0720. The fourth-order valence-electron chi connectivity index (χ4n) is 10.2. The Kier molecular flexibility index (Phi) is 10.5. The zero-order chi connectivity index (χ0) is 40.9. The molecule has 6 fully saturated rings. The molecule has 59 heavy (non-hydrogen) atoms. The second-order valence-electron chi connectivity index (χ2n) is 16.7. The molecule has 0 spiro atoms. The molecule has 0 unspecified atom stereocenters. The van der Waals surface area contributed by atoms with Gasteiger partial charge in [0, 0.05) is 69.0 Å². The van der Waals surface area contributed by atoms with Crippen molar-refractivity contribution < 1.29 is 28.7 Å². The normalized spacial score (nSPS) is 26.3. The Hall–Kier alpha value is -5.59. The zero-order valence-corrected chi connectivity index (χ0v) is 33.4. The van der Waals surface area contributed by atoms with Gasteiger partial charge in [0.15, 0.2) is 11.5 Å². The lowest BCUT2D eigenvalue weighted by Crippen LogP contribution is -2.63. The predicted molar refractivity (Wildman–Crippen MR) is 216 cm³/mol. The summed E-state index contributed by atoms with van der Waals surface area (Å²) < 4.78 is 6.12. The summed E-state index contributed by atoms with van der Waals surface area (Å²) in [6.07, 6.45) is 6.53. The number of anilines is 2. The summed E-state index contributed by atoms with van der Waals surface area (Å²) in [4.78, 5) is 76.2. The Morgan fingerprint density at radius 1 is 0.814 bits per heavy atom. The number of benzene rings is 2. The highest BCUT2D eigenvalue weighted by Gasteiger charge is 2.49. The van der Waals surface area contributed by atoms with E-state index in [0.29, 0.717) is 65.1 Å². The Morgan fingerprint density at radius 2 is 1.56 bits per heavy atom. The first-order chi connectivity index (χ1) is 28.6. The first-order valence-electron chi connectivity index (χ1n) is 20.7. The third-order valence-electron chi connectivity index (χ3n) is 13.3. The summed E-state index contributed by atoms with van der Waals surface area (Å²) in [6, 6.07) is 15.1. The van der Waals surface area contributed by atoms with Crippen LogP contribution < -0.4 is 20.3 Å². The number of hydrogen-bond acceptors (Lipinski definition) is 12. The van der Waals surface area contributed by atoms with E-state index in [1.165, 1.54) is 4.90 Å². The largest absolute Gasteiger partial charge is 0.490 e. The van der Waals surface area contributed by atoms with Gasteiger partial charge in [-0.05, 0) is 106 Å². The lowest BCUT2D eigenvalue weighted by atomic mass is 9.87. The Labute approximate surface area is 347 Å². The van der Waals surface area contributed by atoms with Crippen LogP contribution in [0.4, 0.5) is 11.5 Å². The van der Waals surface area contributed by atoms with Crippen molar-refractivity contribution in [2.75, 3.05) is 42.5 Å². The first-order valence-corrected chi connectivity index (χ1v) is 21.1. The van der Waals surface area contributed by atoms with E-state index in [-0.39, 0.29) is 42.6 Å². The SMILES string of the molecule is N#Cc1ccc(OC2CCC(N3C(=O)CC[C@@H](N4C(=O)c5ccc(N6C[C@@H]7CC[C@@H]6CN7CC6CCN(c7ccc(C(N)=O)nn7)CC6)cc5C4=O)C3=O)CC2)cc1Cl. The van der Waals surface area contributed by atoms with Crippen molar-refractivity contribution >= 4 is 52.6 Å². The van der Waals surface area contributed by atoms with Crippen LogP contribution in [0.5, 0.6) is 5.75 Å². The highest BCUT2D eigenvalue weighted by Crippen LogP contribution is 2.38. The molecule has 1 aromatic heterocycles. The molecule has 5 amide bonds. The third kappa shape index (κ3) is 7.37. The lowest BCUT2D eigenvalue weighted by molar-refractivity contribution is -0.155. The molecule has 306 valence electrons. The molecule has 1 aliphatic carbocycles. The van der Waals surface area contributed by atoms with Gasteiger partial charge in [0.1, 0.15) is 17.9 Å². The van der Waals surface area contributed by atoms with Gasteiger partial charge in [-0.2, -0.15) is 5.26 Å². The van der Waals surface area contributed by atoms with Crippen molar-refractivity contribution in [1.82, 2.24) is 24.9 Å². The Morgan fingerprint density at radius 3 is 2.24 bits per heavy atom. The number of halogens is 1. The van der Waals surface area contributed by atoms with Gasteiger partial charge in [-0.25, -0.2) is 0 Å². The van der Waals surface area contributed by atoms with Gasteiger partial charge in [-0.1, -0.05) is 11.6 Å². The molecular formula is C43H46ClN9O6. The summed E-state index contributed by atoms with van der Waals surface area (Å²) >= 11 is 6.18. The summed E-state index contributed by atoms with van der Waals surface area (Å²) in [7, 11) is 0. The van der Waals surface area contributed by atoms with Gasteiger partial charge in [-0.3, -0.25) is 38.7 Å². The monoisotopic (exact) mass is 819 g/mol. The van der Waals surface area contributed by atoms with E-state index in [0.717, 1.165) is 74.8 Å². The number of carbonyl (C=O) groups is 5. The van der Waals surface area contributed by atoms with E-state index in [1.807, 2.05) is 18.2 Å². The minimum atomic E-state index is -1.04. The number of primary amides is 1. The summed E-state index contributed by atoms with van der Waals surface area (Å²) in [5.41, 5.74) is 7.35. The molecule has 2 bridgehead atoms. The number of piperazine rings is 1. The maximum absolute atomic E-state index is 14.1. The number of hydrogen-bond donors (Lipinski definition) is 1. The molecule has 15 nitrogen and oxygen atoms in total. The molecule has 2 N–H and O–H groups in total. The van der Waals surface area contributed by atoms with Gasteiger partial charge in [0.2, 0.25) is 5.91 Å². The number of nitrogens with zero attached hydrogens (tertiary/aromatic N) is 8. The van der Waals surface area contributed by atoms with Crippen LogP contribution in [0.15, 0.2) is 48.5 Å². The summed E-state index contributed by atoms with van der Waals surface area (Å²) in [5.74, 6) is -0.464. The molecule has 3 atom stereocenters. The zero-order valence-electron chi connectivity index (χ0n) is 32.7. The average molecular weight is 820 g/mol. The minimum Gasteiger partial charge on any atom is -0.490 e. The number of fused-ring (bicyclic) bond motifs is 4. The third-order valence-corrected chi connectivity index (χ3v) is 13.6. The quantitative estimate of drug-likeness (QED) is 0.304. The van der Waals surface area contributed by atoms with Crippen molar-refractivity contribution in [2.45, 2.75) is 94.5 Å². The van der Waals surface area contributed by atoms with Gasteiger partial charge in [-0.15, -0.1) is 10.2 Å². The number of piperidine rings is 4. The smallest absolute Gasteiger partial charge is 0.269 e. The number of likely N-dealkylation sites (tertiary alicyclic amines) is 1. The molecule has 16 heteroatoms. The number of nitriles is 1. The number of amides is 5. The molecule has 10 rings (SSSR count). The second-order valence-corrected chi connectivity index (χ2v) is 17.1. The van der Waals surface area contributed by atoms with Crippen molar-refractivity contribution in [1.29, 1.82) is 5.26 Å². The van der Waals surface area contributed by atoms with Crippen LogP contribution in [0.2, 0.25) is 5.02 Å². The highest BCUT2D eigenvalue weighted by molar-refractivity contribution is 6.31. The molecule has 2 aromatic carbocycles. The Balaban J connectivity index is 0.805. The van der Waals surface area contributed by atoms with Crippen LogP contribution in [0, 0.1) is 17.2 Å². The lowest BCUT2D eigenvalue weighted by Gasteiger charge is -2.53. The van der Waals surface area contributed by atoms with Gasteiger partial charge in [0.25, 0.3) is 23.6 Å².